The van der Waals surface area contributed by atoms with Gasteiger partial charge in [0.15, 0.2) is 0 Å². The lowest BCUT2D eigenvalue weighted by molar-refractivity contribution is 0.227. The molecule has 0 heterocycles. The fourth-order valence-electron chi connectivity index (χ4n) is 2.51. The van der Waals surface area contributed by atoms with Crippen molar-refractivity contribution in [2.75, 3.05) is 13.2 Å². The first-order chi connectivity index (χ1) is 8.61. The number of carbonyl (C=O) groups excluding carboxylic acids is 1. The summed E-state index contributed by atoms with van der Waals surface area (Å²) in [5, 5.41) is 14.6. The van der Waals surface area contributed by atoms with Crippen LogP contribution in [0.1, 0.15) is 52.4 Å². The van der Waals surface area contributed by atoms with Crippen molar-refractivity contribution in [2.24, 2.45) is 11.8 Å². The normalized spacial score (nSPS) is 25.5. The number of urea groups is 1. The summed E-state index contributed by atoms with van der Waals surface area (Å²) in [4.78, 5) is 11.6. The highest BCUT2D eigenvalue weighted by Gasteiger charge is 2.18. The predicted octanol–water partition coefficient (Wildman–Crippen LogP) is 2.27. The molecule has 0 aromatic heterocycles. The van der Waals surface area contributed by atoms with E-state index in [1.54, 1.807) is 0 Å². The molecule has 1 aliphatic rings. The van der Waals surface area contributed by atoms with E-state index in [0.717, 1.165) is 25.3 Å². The fraction of sp³-hybridized carbons (Fsp3) is 0.929. The molecule has 1 atom stereocenters. The van der Waals surface area contributed by atoms with Crippen LogP contribution in [0.25, 0.3) is 0 Å². The maximum atomic E-state index is 11.6. The van der Waals surface area contributed by atoms with E-state index in [1.807, 2.05) is 6.92 Å². The number of amides is 2. The Morgan fingerprint density at radius 2 is 2.00 bits per heavy atom. The second-order valence-corrected chi connectivity index (χ2v) is 5.75. The lowest BCUT2D eigenvalue weighted by Gasteiger charge is -2.26. The van der Waals surface area contributed by atoms with Gasteiger partial charge in [0.1, 0.15) is 0 Å². The minimum absolute atomic E-state index is 0.0703. The highest BCUT2D eigenvalue weighted by Crippen LogP contribution is 2.27. The van der Waals surface area contributed by atoms with Crippen LogP contribution in [0.3, 0.4) is 0 Å². The van der Waals surface area contributed by atoms with Gasteiger partial charge in [0.25, 0.3) is 0 Å². The van der Waals surface area contributed by atoms with Gasteiger partial charge in [-0.1, -0.05) is 19.8 Å². The first-order valence-electron chi connectivity index (χ1n) is 7.27. The zero-order valence-electron chi connectivity index (χ0n) is 11.7. The minimum atomic E-state index is -0.0703. The lowest BCUT2D eigenvalue weighted by Crippen LogP contribution is -2.42. The molecule has 0 aromatic rings. The van der Waals surface area contributed by atoms with Crippen molar-refractivity contribution in [3.8, 4) is 0 Å². The van der Waals surface area contributed by atoms with Crippen LogP contribution in [-0.2, 0) is 0 Å². The Morgan fingerprint density at radius 1 is 1.33 bits per heavy atom. The number of hydrogen-bond acceptors (Lipinski definition) is 2. The smallest absolute Gasteiger partial charge is 0.315 e. The first-order valence-corrected chi connectivity index (χ1v) is 7.27. The van der Waals surface area contributed by atoms with Gasteiger partial charge in [-0.2, -0.15) is 0 Å². The maximum absolute atomic E-state index is 11.6. The SMILES string of the molecule is CC1CCC(CNC(=O)NC(C)CCCO)CC1. The van der Waals surface area contributed by atoms with Gasteiger partial charge in [-0.25, -0.2) is 4.79 Å². The highest BCUT2D eigenvalue weighted by atomic mass is 16.3. The molecule has 3 N–H and O–H groups in total. The third-order valence-electron chi connectivity index (χ3n) is 3.86. The molecule has 1 fully saturated rings. The second-order valence-electron chi connectivity index (χ2n) is 5.75. The van der Waals surface area contributed by atoms with Gasteiger partial charge < -0.3 is 15.7 Å². The Labute approximate surface area is 111 Å². The molecule has 1 saturated carbocycles. The molecular formula is C14H28N2O2. The Morgan fingerprint density at radius 3 is 2.61 bits per heavy atom. The molecule has 4 nitrogen and oxygen atoms in total. The molecule has 0 spiro atoms. The van der Waals surface area contributed by atoms with Crippen molar-refractivity contribution in [1.82, 2.24) is 10.6 Å². The summed E-state index contributed by atoms with van der Waals surface area (Å²) in [5.41, 5.74) is 0. The molecule has 1 unspecified atom stereocenters. The monoisotopic (exact) mass is 256 g/mol. The van der Waals surface area contributed by atoms with Gasteiger partial charge >= 0.3 is 6.03 Å². The van der Waals surface area contributed by atoms with Crippen LogP contribution < -0.4 is 10.6 Å². The number of carbonyl (C=O) groups is 1. The Hall–Kier alpha value is -0.770. The van der Waals surface area contributed by atoms with Crippen molar-refractivity contribution in [2.45, 2.75) is 58.4 Å². The van der Waals surface area contributed by atoms with E-state index in [-0.39, 0.29) is 18.7 Å². The van der Waals surface area contributed by atoms with Crippen LogP contribution in [0.5, 0.6) is 0 Å². The molecule has 106 valence electrons. The average molecular weight is 256 g/mol. The quantitative estimate of drug-likeness (QED) is 0.682. The van der Waals surface area contributed by atoms with Crippen LogP contribution in [0, 0.1) is 11.8 Å². The van der Waals surface area contributed by atoms with E-state index in [0.29, 0.717) is 5.92 Å². The summed E-state index contributed by atoms with van der Waals surface area (Å²) in [6.45, 7) is 5.26. The van der Waals surface area contributed by atoms with Gasteiger partial charge in [0, 0.05) is 19.2 Å². The van der Waals surface area contributed by atoms with Crippen LogP contribution in [-0.4, -0.2) is 30.3 Å². The Kier molecular flexibility index (Phi) is 7.09. The standard InChI is InChI=1S/C14H28N2O2/c1-11-5-7-13(8-6-11)10-15-14(18)16-12(2)4-3-9-17/h11-13,17H,3-10H2,1-2H3,(H2,15,16,18). The summed E-state index contributed by atoms with van der Waals surface area (Å²) < 4.78 is 0. The zero-order valence-corrected chi connectivity index (χ0v) is 11.7. The average Bonchev–Trinajstić information content (AvgIpc) is 2.35. The van der Waals surface area contributed by atoms with Gasteiger partial charge in [-0.05, 0) is 44.4 Å². The summed E-state index contributed by atoms with van der Waals surface area (Å²) >= 11 is 0. The van der Waals surface area contributed by atoms with Gasteiger partial charge in [-0.15, -0.1) is 0 Å². The molecule has 0 saturated heterocycles. The lowest BCUT2D eigenvalue weighted by atomic mass is 9.83. The van der Waals surface area contributed by atoms with Crippen LogP contribution in [0.4, 0.5) is 4.79 Å². The van der Waals surface area contributed by atoms with Crippen LogP contribution in [0.15, 0.2) is 0 Å². The van der Waals surface area contributed by atoms with Gasteiger partial charge in [0.05, 0.1) is 0 Å². The number of hydrogen-bond donors (Lipinski definition) is 3. The number of nitrogens with one attached hydrogen (secondary N) is 2. The van der Waals surface area contributed by atoms with E-state index in [2.05, 4.69) is 17.6 Å². The van der Waals surface area contributed by atoms with Crippen molar-refractivity contribution in [3.63, 3.8) is 0 Å². The largest absolute Gasteiger partial charge is 0.396 e. The highest BCUT2D eigenvalue weighted by molar-refractivity contribution is 5.74. The molecule has 18 heavy (non-hydrogen) atoms. The first kappa shape index (κ1) is 15.3. The maximum Gasteiger partial charge on any atom is 0.315 e. The molecule has 0 aliphatic heterocycles. The van der Waals surface area contributed by atoms with Crippen molar-refractivity contribution < 1.29 is 9.90 Å². The molecule has 0 radical (unpaired) electrons. The van der Waals surface area contributed by atoms with E-state index in [4.69, 9.17) is 5.11 Å². The van der Waals surface area contributed by atoms with Gasteiger partial charge in [0.2, 0.25) is 0 Å². The molecule has 2 amide bonds. The van der Waals surface area contributed by atoms with E-state index in [9.17, 15) is 4.79 Å². The molecule has 0 aromatic carbocycles. The predicted molar refractivity (Wildman–Crippen MR) is 73.4 cm³/mol. The fourth-order valence-corrected chi connectivity index (χ4v) is 2.51. The molecule has 1 rings (SSSR count). The van der Waals surface area contributed by atoms with E-state index >= 15 is 0 Å². The Bertz CT molecular complexity index is 238. The summed E-state index contributed by atoms with van der Waals surface area (Å²) in [6, 6.07) is 0.0580. The summed E-state index contributed by atoms with van der Waals surface area (Å²) in [6.07, 6.45) is 6.62. The molecular weight excluding hydrogens is 228 g/mol. The summed E-state index contributed by atoms with van der Waals surface area (Å²) in [5.74, 6) is 1.51. The topological polar surface area (TPSA) is 61.4 Å². The number of rotatable bonds is 6. The summed E-state index contributed by atoms with van der Waals surface area (Å²) in [7, 11) is 0. The molecule has 4 heteroatoms. The second kappa shape index (κ2) is 8.35. The van der Waals surface area contributed by atoms with E-state index < -0.39 is 0 Å². The van der Waals surface area contributed by atoms with Crippen molar-refractivity contribution >= 4 is 6.03 Å². The minimum Gasteiger partial charge on any atom is -0.396 e. The molecule has 1 aliphatic carbocycles. The van der Waals surface area contributed by atoms with E-state index in [1.165, 1.54) is 25.7 Å². The Balaban J connectivity index is 2.09. The van der Waals surface area contributed by atoms with Gasteiger partial charge in [-0.3, -0.25) is 0 Å². The third kappa shape index (κ3) is 6.24. The van der Waals surface area contributed by atoms with Crippen LogP contribution in [0.2, 0.25) is 0 Å². The van der Waals surface area contributed by atoms with Crippen molar-refractivity contribution in [1.29, 1.82) is 0 Å². The zero-order chi connectivity index (χ0) is 13.4. The molecule has 0 bridgehead atoms. The number of aliphatic hydroxyl groups is 1. The van der Waals surface area contributed by atoms with Crippen molar-refractivity contribution in [3.05, 3.63) is 0 Å². The third-order valence-corrected chi connectivity index (χ3v) is 3.86. The number of aliphatic hydroxyl groups excluding tert-OH is 1. The van der Waals surface area contributed by atoms with Crippen LogP contribution >= 0.6 is 0 Å².